The summed E-state index contributed by atoms with van der Waals surface area (Å²) >= 11 is 0. The highest BCUT2D eigenvalue weighted by atomic mass is 14.2. The quantitative estimate of drug-likeness (QED) is 0.391. The van der Waals surface area contributed by atoms with Crippen LogP contribution in [0.3, 0.4) is 0 Å². The molecule has 104 valence electrons. The molecule has 0 spiro atoms. The Bertz CT molecular complexity index is 42.0. The zero-order valence-electron chi connectivity index (χ0n) is 13.8. The molecule has 0 bridgehead atoms. The van der Waals surface area contributed by atoms with Gasteiger partial charge < -0.3 is 0 Å². The summed E-state index contributed by atoms with van der Waals surface area (Å²) in [5.41, 5.74) is 0. The molecule has 1 aliphatic rings. The molecule has 0 radical (unpaired) electrons. The molecule has 0 atom stereocenters. The van der Waals surface area contributed by atoms with Gasteiger partial charge in [0.2, 0.25) is 0 Å². The first-order chi connectivity index (χ1) is 7.72. The van der Waals surface area contributed by atoms with Crippen molar-refractivity contribution in [2.45, 2.75) is 88.0 Å². The second kappa shape index (κ2) is 61.3. The summed E-state index contributed by atoms with van der Waals surface area (Å²) < 4.78 is 0. The zero-order chi connectivity index (χ0) is 14.4. The van der Waals surface area contributed by atoms with Crippen LogP contribution in [-0.2, 0) is 0 Å². The predicted octanol–water partition coefficient (Wildman–Crippen LogP) is 7.10. The van der Waals surface area contributed by atoms with Gasteiger partial charge in [0.15, 0.2) is 0 Å². The van der Waals surface area contributed by atoms with E-state index < -0.39 is 0 Å². The van der Waals surface area contributed by atoms with Crippen molar-refractivity contribution in [1.29, 1.82) is 0 Å². The van der Waals surface area contributed by atoms with Crippen molar-refractivity contribution < 1.29 is 0 Å². The molecule has 0 amide bonds. The monoisotopic (exact) mass is 232 g/mol. The van der Waals surface area contributed by atoms with Gasteiger partial charge in [-0.05, 0) is 5.92 Å². The minimum Gasteiger partial charge on any atom is -0.106 e. The largest absolute Gasteiger partial charge is 0.106 e. The average Bonchev–Trinajstić information content (AvgIpc) is 3.11. The minimum absolute atomic E-state index is 1.08. The van der Waals surface area contributed by atoms with E-state index in [1.54, 1.807) is 0 Å². The maximum Gasteiger partial charge on any atom is -0.0443 e. The van der Waals surface area contributed by atoms with Crippen molar-refractivity contribution in [1.82, 2.24) is 0 Å². The first-order valence-electron chi connectivity index (χ1n) is 7.22. The molecule has 1 rings (SSSR count). The van der Waals surface area contributed by atoms with Crippen LogP contribution in [0.15, 0.2) is 13.2 Å². The van der Waals surface area contributed by atoms with Gasteiger partial charge >= 0.3 is 0 Å². The molecule has 0 heterocycles. The topological polar surface area (TPSA) is 0 Å². The van der Waals surface area contributed by atoms with E-state index in [4.69, 9.17) is 0 Å². The zero-order valence-corrected chi connectivity index (χ0v) is 13.8. The van der Waals surface area contributed by atoms with Crippen molar-refractivity contribution in [2.24, 2.45) is 5.92 Å². The molecule has 1 saturated carbocycles. The van der Waals surface area contributed by atoms with E-state index in [2.05, 4.69) is 47.8 Å². The van der Waals surface area contributed by atoms with E-state index in [1.807, 2.05) is 27.7 Å². The molecule has 0 nitrogen and oxygen atoms in total. The molecular formula is C16H40. The van der Waals surface area contributed by atoms with Crippen LogP contribution in [0.25, 0.3) is 0 Å². The first-order valence-corrected chi connectivity index (χ1v) is 7.22. The molecule has 0 aromatic heterocycles. The maximum atomic E-state index is 3.00. The van der Waals surface area contributed by atoms with Gasteiger partial charge in [0.1, 0.15) is 0 Å². The first kappa shape index (κ1) is 29.6. The van der Waals surface area contributed by atoms with E-state index >= 15 is 0 Å². The summed E-state index contributed by atoms with van der Waals surface area (Å²) in [5, 5.41) is 0. The Morgan fingerprint density at radius 2 is 0.812 bits per heavy atom. The second-order valence-electron chi connectivity index (χ2n) is 3.10. The average molecular weight is 232 g/mol. The summed E-state index contributed by atoms with van der Waals surface area (Å²) in [5.74, 6) is 1.08. The molecule has 0 saturated heterocycles. The van der Waals surface area contributed by atoms with Crippen LogP contribution in [0.2, 0.25) is 0 Å². The fraction of sp³-hybridized carbons (Fsp3) is 0.875. The van der Waals surface area contributed by atoms with Gasteiger partial charge in [0, 0.05) is 0 Å². The van der Waals surface area contributed by atoms with Gasteiger partial charge in [0.25, 0.3) is 0 Å². The smallest absolute Gasteiger partial charge is 0.0443 e. The molecule has 0 aromatic carbocycles. The van der Waals surface area contributed by atoms with Crippen LogP contribution >= 0.6 is 0 Å². The molecule has 0 N–H and O–H groups in total. The Balaban J connectivity index is -0.0000000314. The lowest BCUT2D eigenvalue weighted by Crippen LogP contribution is -1.42. The standard InChI is InChI=1S/C4H8.2C3H8.2C2H6.C2H4/c1-4-2-3-4;2*1-3-2;3*1-2/h4H,2-3H2,1H3;2*3H2,1-2H3;2*1-2H3;1-2H2. The maximum absolute atomic E-state index is 3.00. The van der Waals surface area contributed by atoms with Gasteiger partial charge in [0.05, 0.1) is 0 Å². The Hall–Kier alpha value is -0.260. The van der Waals surface area contributed by atoms with Crippen molar-refractivity contribution in [3.8, 4) is 0 Å². The van der Waals surface area contributed by atoms with Crippen molar-refractivity contribution in [3.05, 3.63) is 13.2 Å². The SMILES string of the molecule is C=C.CC.CC.CC1CC1.CCC.CCC. The summed E-state index contributed by atoms with van der Waals surface area (Å²) in [6.45, 7) is 24.8. The van der Waals surface area contributed by atoms with Crippen molar-refractivity contribution >= 4 is 0 Å². The van der Waals surface area contributed by atoms with Gasteiger partial charge in [-0.3, -0.25) is 0 Å². The number of hydrogen-bond acceptors (Lipinski definition) is 0. The number of hydrogen-bond donors (Lipinski definition) is 0. The fourth-order valence-corrected chi connectivity index (χ4v) is 0.167. The Labute approximate surface area is 108 Å². The summed E-state index contributed by atoms with van der Waals surface area (Å²) in [4.78, 5) is 0. The van der Waals surface area contributed by atoms with E-state index in [0.717, 1.165) is 5.92 Å². The Morgan fingerprint density at radius 3 is 0.812 bits per heavy atom. The Morgan fingerprint density at radius 1 is 0.750 bits per heavy atom. The molecule has 1 fully saturated rings. The van der Waals surface area contributed by atoms with Gasteiger partial charge in [-0.1, -0.05) is 88.0 Å². The third-order valence-electron chi connectivity index (χ3n) is 0.866. The van der Waals surface area contributed by atoms with Gasteiger partial charge in [-0.2, -0.15) is 0 Å². The van der Waals surface area contributed by atoms with Crippen LogP contribution in [0, 0.1) is 5.92 Å². The predicted molar refractivity (Wildman–Crippen MR) is 84.3 cm³/mol. The van der Waals surface area contributed by atoms with E-state index in [9.17, 15) is 0 Å². The lowest BCUT2D eigenvalue weighted by Gasteiger charge is -1.53. The highest BCUT2D eigenvalue weighted by molar-refractivity contribution is 4.65. The van der Waals surface area contributed by atoms with Crippen LogP contribution in [0.4, 0.5) is 0 Å². The third kappa shape index (κ3) is 297. The van der Waals surface area contributed by atoms with Gasteiger partial charge in [-0.15, -0.1) is 13.2 Å². The number of rotatable bonds is 0. The van der Waals surface area contributed by atoms with Crippen LogP contribution < -0.4 is 0 Å². The normalized spacial score (nSPS) is 9.81. The van der Waals surface area contributed by atoms with Crippen molar-refractivity contribution in [3.63, 3.8) is 0 Å². The second-order valence-corrected chi connectivity index (χ2v) is 3.10. The molecule has 0 aromatic rings. The fourth-order valence-electron chi connectivity index (χ4n) is 0.167. The van der Waals surface area contributed by atoms with E-state index in [1.165, 1.54) is 25.7 Å². The lowest BCUT2D eigenvalue weighted by molar-refractivity contribution is 0.983. The molecule has 16 heavy (non-hydrogen) atoms. The summed E-state index contributed by atoms with van der Waals surface area (Å²) in [6, 6.07) is 0. The summed E-state index contributed by atoms with van der Waals surface area (Å²) in [6.07, 6.45) is 5.47. The van der Waals surface area contributed by atoms with Crippen LogP contribution in [0.5, 0.6) is 0 Å². The minimum atomic E-state index is 1.08. The molecule has 1 aliphatic carbocycles. The molecular weight excluding hydrogens is 192 g/mol. The highest BCUT2D eigenvalue weighted by Gasteiger charge is 2.12. The third-order valence-corrected chi connectivity index (χ3v) is 0.866. The summed E-state index contributed by atoms with van der Waals surface area (Å²) in [7, 11) is 0. The van der Waals surface area contributed by atoms with Crippen LogP contribution in [0.1, 0.15) is 88.0 Å². The van der Waals surface area contributed by atoms with E-state index in [-0.39, 0.29) is 0 Å². The van der Waals surface area contributed by atoms with Crippen molar-refractivity contribution in [2.75, 3.05) is 0 Å². The molecule has 0 aliphatic heterocycles. The molecule has 0 unspecified atom stereocenters. The highest BCUT2D eigenvalue weighted by Crippen LogP contribution is 2.26. The lowest BCUT2D eigenvalue weighted by atomic mass is 10.5. The molecule has 0 heteroatoms. The van der Waals surface area contributed by atoms with E-state index in [0.29, 0.717) is 0 Å². The van der Waals surface area contributed by atoms with Gasteiger partial charge in [-0.25, -0.2) is 0 Å². The van der Waals surface area contributed by atoms with Crippen LogP contribution in [-0.4, -0.2) is 0 Å². The Kier molecular flexibility index (Phi) is 114.